The SMILES string of the molecule is CCCCCCCC/C=C/CCCCCCCCCCCCCCCC(=O)NC(COP(=O)([O-])OCC[N+](C)(C)C)C(/C=C/CCCCCCCCCCC)OC(=O)CCCCCCCCCCCCC/C=C/CCCCCCCC. The fourth-order valence-corrected chi connectivity index (χ4v) is 11.3. The van der Waals surface area contributed by atoms with Crippen LogP contribution >= 0.6 is 7.82 Å². The predicted octanol–water partition coefficient (Wildman–Crippen LogP) is 21.6. The van der Waals surface area contributed by atoms with Crippen LogP contribution in [0.5, 0.6) is 0 Å². The van der Waals surface area contributed by atoms with Crippen LogP contribution in [0.15, 0.2) is 36.5 Å². The molecule has 1 N–H and O–H groups in total. The van der Waals surface area contributed by atoms with Gasteiger partial charge in [0.15, 0.2) is 0 Å². The Morgan fingerprint density at radius 1 is 0.420 bits per heavy atom. The topological polar surface area (TPSA) is 114 Å². The Labute approximate surface area is 504 Å². The summed E-state index contributed by atoms with van der Waals surface area (Å²) in [7, 11) is 1.20. The molecule has 0 bridgehead atoms. The molecule has 3 atom stereocenters. The maximum absolute atomic E-state index is 13.6. The highest BCUT2D eigenvalue weighted by Gasteiger charge is 2.27. The normalized spacial score (nSPS) is 13.7. The first-order valence-electron chi connectivity index (χ1n) is 35.3. The number of carbonyl (C=O) groups excluding carboxylic acids is 2. The minimum atomic E-state index is -4.70. The first-order chi connectivity index (χ1) is 39.4. The summed E-state index contributed by atoms with van der Waals surface area (Å²) in [5.74, 6) is -0.525. The second kappa shape index (κ2) is 61.3. The van der Waals surface area contributed by atoms with Gasteiger partial charge < -0.3 is 28.5 Å². The molecule has 0 radical (unpaired) electrons. The molecule has 0 aliphatic heterocycles. The van der Waals surface area contributed by atoms with Crippen LogP contribution in [0.4, 0.5) is 0 Å². The summed E-state index contributed by atoms with van der Waals surface area (Å²) >= 11 is 0. The summed E-state index contributed by atoms with van der Waals surface area (Å²) in [6, 6.07) is -0.886. The van der Waals surface area contributed by atoms with Crippen LogP contribution in [0.2, 0.25) is 0 Å². The molecule has 0 aromatic carbocycles. The number of ether oxygens (including phenoxy) is 1. The van der Waals surface area contributed by atoms with E-state index in [9.17, 15) is 19.0 Å². The summed E-state index contributed by atoms with van der Waals surface area (Å²) in [5.41, 5.74) is 0. The third kappa shape index (κ3) is 62.6. The molecule has 0 saturated carbocycles. The number of hydrogen-bond donors (Lipinski definition) is 1. The van der Waals surface area contributed by atoms with Gasteiger partial charge in [-0.05, 0) is 83.1 Å². The summed E-state index contributed by atoms with van der Waals surface area (Å²) < 4.78 is 30.4. The molecular formula is C71H137N2O7P. The average Bonchev–Trinajstić information content (AvgIpc) is 3.43. The van der Waals surface area contributed by atoms with Gasteiger partial charge in [-0.2, -0.15) is 0 Å². The molecule has 3 unspecified atom stereocenters. The second-order valence-electron chi connectivity index (χ2n) is 25.4. The Balaban J connectivity index is 5.02. The molecule has 1 amide bonds. The molecule has 478 valence electrons. The van der Waals surface area contributed by atoms with Crippen LogP contribution < -0.4 is 10.2 Å². The zero-order valence-electron chi connectivity index (χ0n) is 54.8. The molecule has 0 aromatic rings. The minimum Gasteiger partial charge on any atom is -0.756 e. The summed E-state index contributed by atoms with van der Waals surface area (Å²) in [6.45, 7) is 6.88. The highest BCUT2D eigenvalue weighted by atomic mass is 31.2. The van der Waals surface area contributed by atoms with Crippen molar-refractivity contribution in [2.75, 3.05) is 40.9 Å². The summed E-state index contributed by atoms with van der Waals surface area (Å²) in [5, 5.41) is 3.05. The predicted molar refractivity (Wildman–Crippen MR) is 349 cm³/mol. The van der Waals surface area contributed by atoms with E-state index in [-0.39, 0.29) is 31.5 Å². The lowest BCUT2D eigenvalue weighted by molar-refractivity contribution is -0.870. The summed E-state index contributed by atoms with van der Waals surface area (Å²) in [6.07, 6.45) is 75.5. The zero-order chi connectivity index (χ0) is 59.3. The monoisotopic (exact) mass is 1160 g/mol. The molecule has 0 aliphatic rings. The van der Waals surface area contributed by atoms with E-state index in [0.29, 0.717) is 17.4 Å². The van der Waals surface area contributed by atoms with Crippen molar-refractivity contribution in [1.29, 1.82) is 0 Å². The minimum absolute atomic E-state index is 0.0199. The van der Waals surface area contributed by atoms with Gasteiger partial charge in [-0.25, -0.2) is 0 Å². The molecule has 81 heavy (non-hydrogen) atoms. The maximum atomic E-state index is 13.6. The molecule has 0 fully saturated rings. The molecule has 9 nitrogen and oxygen atoms in total. The van der Waals surface area contributed by atoms with Gasteiger partial charge in [-0.1, -0.05) is 295 Å². The van der Waals surface area contributed by atoms with E-state index >= 15 is 0 Å². The molecular weight excluding hydrogens is 1020 g/mol. The molecule has 0 heterocycles. The van der Waals surface area contributed by atoms with Crippen molar-refractivity contribution in [3.63, 3.8) is 0 Å². The van der Waals surface area contributed by atoms with Crippen LogP contribution in [-0.4, -0.2) is 69.4 Å². The molecule has 0 rings (SSSR count). The number of carbonyl (C=O) groups is 2. The van der Waals surface area contributed by atoms with Crippen LogP contribution in [0.25, 0.3) is 0 Å². The number of rotatable bonds is 65. The number of nitrogens with zero attached hydrogens (tertiary/aromatic N) is 1. The third-order valence-electron chi connectivity index (χ3n) is 16.0. The van der Waals surface area contributed by atoms with Gasteiger partial charge in [0.05, 0.1) is 33.8 Å². The van der Waals surface area contributed by atoms with Crippen LogP contribution in [0, 0.1) is 0 Å². The van der Waals surface area contributed by atoms with E-state index in [1.54, 1.807) is 0 Å². The number of hydrogen-bond acceptors (Lipinski definition) is 7. The Kier molecular flexibility index (Phi) is 60.0. The van der Waals surface area contributed by atoms with Gasteiger partial charge in [0, 0.05) is 12.8 Å². The lowest BCUT2D eigenvalue weighted by Crippen LogP contribution is -2.47. The van der Waals surface area contributed by atoms with Crippen LogP contribution in [0.3, 0.4) is 0 Å². The van der Waals surface area contributed by atoms with Crippen molar-refractivity contribution < 1.29 is 37.3 Å². The van der Waals surface area contributed by atoms with E-state index in [2.05, 4.69) is 50.4 Å². The number of unbranched alkanes of at least 4 members (excludes halogenated alkanes) is 45. The van der Waals surface area contributed by atoms with E-state index < -0.39 is 20.0 Å². The van der Waals surface area contributed by atoms with Gasteiger partial charge in [-0.3, -0.25) is 14.2 Å². The van der Waals surface area contributed by atoms with Gasteiger partial charge in [0.1, 0.15) is 19.3 Å². The molecule has 10 heteroatoms. The fourth-order valence-electron chi connectivity index (χ4n) is 10.6. The lowest BCUT2D eigenvalue weighted by Gasteiger charge is -2.30. The van der Waals surface area contributed by atoms with Crippen LogP contribution in [0.1, 0.15) is 355 Å². The van der Waals surface area contributed by atoms with E-state index in [1.807, 2.05) is 33.3 Å². The lowest BCUT2D eigenvalue weighted by atomic mass is 10.0. The highest BCUT2D eigenvalue weighted by molar-refractivity contribution is 7.45. The molecule has 0 spiro atoms. The van der Waals surface area contributed by atoms with Crippen molar-refractivity contribution in [1.82, 2.24) is 5.32 Å². The number of phosphoric acid groups is 1. The quantitative estimate of drug-likeness (QED) is 0.0212. The molecule has 0 saturated heterocycles. The van der Waals surface area contributed by atoms with Crippen molar-refractivity contribution >= 4 is 19.7 Å². The second-order valence-corrected chi connectivity index (χ2v) is 26.8. The van der Waals surface area contributed by atoms with Crippen LogP contribution in [-0.2, 0) is 27.9 Å². The maximum Gasteiger partial charge on any atom is 0.306 e. The molecule has 0 aromatic heterocycles. The number of phosphoric ester groups is 1. The van der Waals surface area contributed by atoms with Crippen molar-refractivity contribution in [3.8, 4) is 0 Å². The van der Waals surface area contributed by atoms with Gasteiger partial charge in [-0.15, -0.1) is 0 Å². The van der Waals surface area contributed by atoms with E-state index in [4.69, 9.17) is 13.8 Å². The summed E-state index contributed by atoms with van der Waals surface area (Å²) in [4.78, 5) is 40.1. The van der Waals surface area contributed by atoms with Gasteiger partial charge in [0.2, 0.25) is 5.91 Å². The number of likely N-dealkylation sites (N-methyl/N-ethyl adjacent to an activating group) is 1. The Hall–Kier alpha value is -1.77. The molecule has 0 aliphatic carbocycles. The number of esters is 1. The zero-order valence-corrected chi connectivity index (χ0v) is 55.7. The third-order valence-corrected chi connectivity index (χ3v) is 17.0. The van der Waals surface area contributed by atoms with Crippen molar-refractivity contribution in [3.05, 3.63) is 36.5 Å². The largest absolute Gasteiger partial charge is 0.756 e. The smallest absolute Gasteiger partial charge is 0.306 e. The average molecular weight is 1160 g/mol. The standard InChI is InChI=1S/C71H137N2O7P/c1-7-10-13-16-19-22-25-27-29-31-33-35-36-38-39-41-43-45-48-51-54-57-60-63-70(74)72-68(67-79-81(76,77)78-66-65-73(4,5)6)69(62-59-56-53-50-47-24-21-18-15-12-9-3)80-71(75)64-61-58-55-52-49-46-44-42-40-37-34-32-30-28-26-23-20-17-14-11-8-2/h27-30,59,62,68-69H,7-26,31-58,60-61,63-67H2,1-6H3,(H-,72,74,76,77)/b29-27+,30-28+,62-59+. The highest BCUT2D eigenvalue weighted by Crippen LogP contribution is 2.38. The van der Waals surface area contributed by atoms with E-state index in [0.717, 1.165) is 57.8 Å². The van der Waals surface area contributed by atoms with Crippen molar-refractivity contribution in [2.24, 2.45) is 0 Å². The Morgan fingerprint density at radius 2 is 0.716 bits per heavy atom. The number of nitrogens with one attached hydrogen (secondary N) is 1. The fraction of sp³-hybridized carbons (Fsp3) is 0.887. The van der Waals surface area contributed by atoms with Crippen molar-refractivity contribution in [2.45, 2.75) is 367 Å². The number of amides is 1. The van der Waals surface area contributed by atoms with E-state index in [1.165, 1.54) is 263 Å². The number of quaternary nitrogens is 1. The first kappa shape index (κ1) is 79.2. The van der Waals surface area contributed by atoms with Gasteiger partial charge >= 0.3 is 5.97 Å². The van der Waals surface area contributed by atoms with Gasteiger partial charge in [0.25, 0.3) is 7.82 Å². The first-order valence-corrected chi connectivity index (χ1v) is 36.8. The Morgan fingerprint density at radius 3 is 1.05 bits per heavy atom. The number of allylic oxidation sites excluding steroid dienone is 5. The Bertz CT molecular complexity index is 1480.